The largest absolute Gasteiger partial charge is 0.412 e. The first-order chi connectivity index (χ1) is 19.8. The standard InChI is InChI=1S/C32H56N8.H2O/c1-2-10-18-17(9-1)25-33-26(18)38-28-21-13-5-6-14-22(21)30(35-28)40-32-24-16-8-7-15-23(24)31(36-32)39-29-20-12-4-3-11-19(20)27(34-29)37-25;/h17-40H,1-16H2;1H2. The zero-order chi connectivity index (χ0) is 26.2. The Morgan fingerprint density at radius 1 is 0.220 bits per heavy atom. The second-order valence-electron chi connectivity index (χ2n) is 15.6. The molecule has 9 aliphatic rings. The van der Waals surface area contributed by atoms with Crippen LogP contribution in [0, 0.1) is 47.3 Å². The molecule has 5 aliphatic heterocycles. The lowest BCUT2D eigenvalue weighted by Gasteiger charge is -2.35. The number of nitrogens with one attached hydrogen (secondary N) is 8. The molecule has 8 unspecified atom stereocenters. The predicted octanol–water partition coefficient (Wildman–Crippen LogP) is 1.78. The summed E-state index contributed by atoms with van der Waals surface area (Å²) in [5.41, 5.74) is 0. The third kappa shape index (κ3) is 4.85. The van der Waals surface area contributed by atoms with Crippen molar-refractivity contribution in [3.05, 3.63) is 0 Å². The molecule has 4 saturated carbocycles. The van der Waals surface area contributed by atoms with Crippen molar-refractivity contribution in [2.45, 2.75) is 152 Å². The number of hydrogen-bond acceptors (Lipinski definition) is 8. The average molecular weight is 571 g/mol. The Bertz CT molecular complexity index is 716. The highest BCUT2D eigenvalue weighted by molar-refractivity contribution is 5.08. The summed E-state index contributed by atoms with van der Waals surface area (Å²) in [6, 6.07) is 0. The lowest BCUT2D eigenvalue weighted by atomic mass is 9.76. The highest BCUT2D eigenvalue weighted by Crippen LogP contribution is 2.45. The Balaban J connectivity index is 0.00000256. The molecule has 41 heavy (non-hydrogen) atoms. The van der Waals surface area contributed by atoms with E-state index in [4.69, 9.17) is 0 Å². The molecule has 8 atom stereocenters. The van der Waals surface area contributed by atoms with Crippen LogP contribution in [0.5, 0.6) is 0 Å². The number of hydrogen-bond donors (Lipinski definition) is 8. The molecule has 9 fully saturated rings. The van der Waals surface area contributed by atoms with E-state index in [1.165, 1.54) is 103 Å². The van der Waals surface area contributed by atoms with E-state index in [0.717, 1.165) is 47.3 Å². The van der Waals surface area contributed by atoms with Gasteiger partial charge in [0, 0.05) is 0 Å². The molecule has 0 amide bonds. The van der Waals surface area contributed by atoms with Gasteiger partial charge >= 0.3 is 0 Å². The van der Waals surface area contributed by atoms with E-state index in [2.05, 4.69) is 42.5 Å². The van der Waals surface area contributed by atoms with Gasteiger partial charge in [0.05, 0.1) is 49.3 Å². The summed E-state index contributed by atoms with van der Waals surface area (Å²) in [4.78, 5) is 0. The summed E-state index contributed by atoms with van der Waals surface area (Å²) in [6.07, 6.45) is 25.6. The Morgan fingerprint density at radius 2 is 0.341 bits per heavy atom. The summed E-state index contributed by atoms with van der Waals surface area (Å²) in [5, 5.41) is 33.8. The maximum absolute atomic E-state index is 4.26. The summed E-state index contributed by atoms with van der Waals surface area (Å²) < 4.78 is 0. The third-order valence-corrected chi connectivity index (χ3v) is 13.8. The van der Waals surface area contributed by atoms with Crippen LogP contribution in [0.2, 0.25) is 0 Å². The van der Waals surface area contributed by atoms with Crippen LogP contribution in [0.1, 0.15) is 103 Å². The van der Waals surface area contributed by atoms with E-state index >= 15 is 0 Å². The molecule has 232 valence electrons. The second-order valence-corrected chi connectivity index (χ2v) is 15.6. The number of rotatable bonds is 0. The molecule has 5 heterocycles. The first kappa shape index (κ1) is 28.1. The van der Waals surface area contributed by atoms with E-state index < -0.39 is 0 Å². The van der Waals surface area contributed by atoms with Crippen LogP contribution in [0.3, 0.4) is 0 Å². The van der Waals surface area contributed by atoms with Crippen molar-refractivity contribution in [1.82, 2.24) is 42.5 Å². The van der Waals surface area contributed by atoms with Gasteiger partial charge in [-0.3, -0.25) is 42.5 Å². The van der Waals surface area contributed by atoms with Crippen LogP contribution < -0.4 is 42.5 Å². The molecule has 0 spiro atoms. The molecular weight excluding hydrogens is 512 g/mol. The molecule has 10 N–H and O–H groups in total. The van der Waals surface area contributed by atoms with E-state index in [9.17, 15) is 0 Å². The zero-order valence-corrected chi connectivity index (χ0v) is 25.1. The van der Waals surface area contributed by atoms with Gasteiger partial charge in [0.15, 0.2) is 0 Å². The maximum atomic E-state index is 4.26. The molecule has 0 radical (unpaired) electrons. The van der Waals surface area contributed by atoms with E-state index in [-0.39, 0.29) is 5.48 Å². The SMILES string of the molecule is C1CCC2C3NC(NC4NC(NC5NC(NC6NC(N3)C3CCCCC63)C3CCCCC53)C3CCCCC43)C2C1.O. The molecule has 9 nitrogen and oxygen atoms in total. The minimum atomic E-state index is 0. The summed E-state index contributed by atoms with van der Waals surface area (Å²) >= 11 is 0. The molecule has 0 aromatic heterocycles. The third-order valence-electron chi connectivity index (χ3n) is 13.8. The van der Waals surface area contributed by atoms with Crippen LogP contribution in [0.4, 0.5) is 0 Å². The zero-order valence-electron chi connectivity index (χ0n) is 25.1. The van der Waals surface area contributed by atoms with Crippen LogP contribution >= 0.6 is 0 Å². The highest BCUT2D eigenvalue weighted by atomic mass is 16.0. The van der Waals surface area contributed by atoms with Crippen molar-refractivity contribution < 1.29 is 5.48 Å². The Kier molecular flexibility index (Phi) is 7.91. The van der Waals surface area contributed by atoms with Gasteiger partial charge in [-0.1, -0.05) is 51.4 Å². The summed E-state index contributed by atoms with van der Waals surface area (Å²) in [5.74, 6) is 5.97. The van der Waals surface area contributed by atoms with Crippen LogP contribution in [-0.2, 0) is 0 Å². The van der Waals surface area contributed by atoms with Crippen molar-refractivity contribution in [2.24, 2.45) is 47.3 Å². The van der Waals surface area contributed by atoms with Crippen molar-refractivity contribution in [1.29, 1.82) is 0 Å². The first-order valence-electron chi connectivity index (χ1n) is 17.9. The average Bonchev–Trinajstić information content (AvgIpc) is 3.73. The molecule has 0 aromatic rings. The quantitative estimate of drug-likeness (QED) is 0.222. The van der Waals surface area contributed by atoms with Gasteiger partial charge < -0.3 is 5.48 Å². The topological polar surface area (TPSA) is 128 Å². The van der Waals surface area contributed by atoms with Crippen molar-refractivity contribution in [3.8, 4) is 0 Å². The molecule has 9 heteroatoms. The fourth-order valence-corrected chi connectivity index (χ4v) is 12.0. The second kappa shape index (κ2) is 11.5. The Hall–Kier alpha value is -0.360. The van der Waals surface area contributed by atoms with Gasteiger partial charge in [-0.2, -0.15) is 0 Å². The first-order valence-corrected chi connectivity index (χ1v) is 17.9. The smallest absolute Gasteiger partial charge is 0.0628 e. The Morgan fingerprint density at radius 3 is 0.463 bits per heavy atom. The summed E-state index contributed by atoms with van der Waals surface area (Å²) in [7, 11) is 0. The van der Waals surface area contributed by atoms with Gasteiger partial charge in [0.2, 0.25) is 0 Å². The van der Waals surface area contributed by atoms with Crippen molar-refractivity contribution in [2.75, 3.05) is 0 Å². The fourth-order valence-electron chi connectivity index (χ4n) is 12.0. The minimum Gasteiger partial charge on any atom is -0.412 e. The molecule has 9 rings (SSSR count). The van der Waals surface area contributed by atoms with Gasteiger partial charge in [-0.05, 0) is 98.7 Å². The summed E-state index contributed by atoms with van der Waals surface area (Å²) in [6.45, 7) is 0. The fraction of sp³-hybridized carbons (Fsp3) is 1.00. The Labute approximate surface area is 247 Å². The normalized spacial score (nSPS) is 56.2. The van der Waals surface area contributed by atoms with Crippen molar-refractivity contribution >= 4 is 0 Å². The molecular formula is C32H58N8O. The number of fused-ring (bicyclic) bond motifs is 20. The van der Waals surface area contributed by atoms with Gasteiger partial charge in [0.25, 0.3) is 0 Å². The molecule has 8 bridgehead atoms. The highest BCUT2D eigenvalue weighted by Gasteiger charge is 2.54. The van der Waals surface area contributed by atoms with Gasteiger partial charge in [-0.15, -0.1) is 0 Å². The van der Waals surface area contributed by atoms with E-state index in [1.807, 2.05) is 0 Å². The van der Waals surface area contributed by atoms with Crippen LogP contribution in [0.25, 0.3) is 0 Å². The molecule has 5 saturated heterocycles. The van der Waals surface area contributed by atoms with Gasteiger partial charge in [-0.25, -0.2) is 0 Å². The van der Waals surface area contributed by atoms with E-state index in [1.54, 1.807) is 0 Å². The molecule has 0 aromatic carbocycles. The lowest BCUT2D eigenvalue weighted by Crippen LogP contribution is -2.61. The molecule has 4 aliphatic carbocycles. The van der Waals surface area contributed by atoms with Crippen molar-refractivity contribution in [3.63, 3.8) is 0 Å². The minimum absolute atomic E-state index is 0. The maximum Gasteiger partial charge on any atom is 0.0628 e. The van der Waals surface area contributed by atoms with Gasteiger partial charge in [0.1, 0.15) is 0 Å². The monoisotopic (exact) mass is 570 g/mol. The predicted molar refractivity (Wildman–Crippen MR) is 161 cm³/mol. The lowest BCUT2D eigenvalue weighted by molar-refractivity contribution is 0.167. The van der Waals surface area contributed by atoms with Crippen LogP contribution in [0.15, 0.2) is 0 Å². The van der Waals surface area contributed by atoms with E-state index in [0.29, 0.717) is 49.3 Å². The van der Waals surface area contributed by atoms with Crippen LogP contribution in [-0.4, -0.2) is 54.8 Å².